The maximum Gasteiger partial charge on any atom is 0.124 e. The Balaban J connectivity index is 2.32. The monoisotopic (exact) mass is 291 g/mol. The number of hydrogen-bond donors (Lipinski definition) is 1. The predicted molar refractivity (Wildman–Crippen MR) is 87.0 cm³/mol. The standard InChI is InChI=1S/C18H29NO2/c1-6-8-19-17(16-7-9-21-14(16)4)15-10-12(2)18(20-5)13(3)11-15/h10-11,14,16-17,19H,6-9H2,1-5H3. The Hall–Kier alpha value is -1.06. The Bertz CT molecular complexity index is 449. The highest BCUT2D eigenvalue weighted by atomic mass is 16.5. The van der Waals surface area contributed by atoms with E-state index in [1.807, 2.05) is 0 Å². The van der Waals surface area contributed by atoms with Crippen molar-refractivity contribution in [3.63, 3.8) is 0 Å². The maximum atomic E-state index is 5.79. The lowest BCUT2D eigenvalue weighted by molar-refractivity contribution is 0.0953. The molecule has 3 atom stereocenters. The highest BCUT2D eigenvalue weighted by Gasteiger charge is 2.32. The minimum absolute atomic E-state index is 0.321. The number of hydrogen-bond acceptors (Lipinski definition) is 3. The van der Waals surface area contributed by atoms with Crippen LogP contribution in [0.25, 0.3) is 0 Å². The molecule has 21 heavy (non-hydrogen) atoms. The van der Waals surface area contributed by atoms with Gasteiger partial charge in [-0.05, 0) is 56.8 Å². The summed E-state index contributed by atoms with van der Waals surface area (Å²) in [5, 5.41) is 3.73. The number of benzene rings is 1. The molecule has 1 N–H and O–H groups in total. The fraction of sp³-hybridized carbons (Fsp3) is 0.667. The quantitative estimate of drug-likeness (QED) is 0.865. The average molecular weight is 291 g/mol. The molecule has 0 saturated carbocycles. The van der Waals surface area contributed by atoms with Gasteiger partial charge in [-0.3, -0.25) is 0 Å². The highest BCUT2D eigenvalue weighted by Crippen LogP contribution is 2.36. The van der Waals surface area contributed by atoms with E-state index in [1.165, 1.54) is 16.7 Å². The largest absolute Gasteiger partial charge is 0.496 e. The van der Waals surface area contributed by atoms with E-state index in [0.717, 1.165) is 31.7 Å². The van der Waals surface area contributed by atoms with Crippen molar-refractivity contribution < 1.29 is 9.47 Å². The molecule has 0 radical (unpaired) electrons. The summed E-state index contributed by atoms with van der Waals surface area (Å²) < 4.78 is 11.3. The summed E-state index contributed by atoms with van der Waals surface area (Å²) in [6.07, 6.45) is 2.60. The SMILES string of the molecule is CCCNC(c1cc(C)c(OC)c(C)c1)C1CCOC1C. The highest BCUT2D eigenvalue weighted by molar-refractivity contribution is 5.44. The van der Waals surface area contributed by atoms with Crippen molar-refractivity contribution in [2.24, 2.45) is 5.92 Å². The second-order valence-corrected chi connectivity index (χ2v) is 6.15. The number of ether oxygens (including phenoxy) is 2. The van der Waals surface area contributed by atoms with Gasteiger partial charge >= 0.3 is 0 Å². The third-order valence-corrected chi connectivity index (χ3v) is 4.52. The zero-order chi connectivity index (χ0) is 15.4. The first-order chi connectivity index (χ1) is 10.1. The van der Waals surface area contributed by atoms with Crippen molar-refractivity contribution in [3.8, 4) is 5.75 Å². The number of nitrogens with one attached hydrogen (secondary N) is 1. The first-order valence-corrected chi connectivity index (χ1v) is 8.08. The molecule has 0 aromatic heterocycles. The molecule has 0 bridgehead atoms. The number of methoxy groups -OCH3 is 1. The molecule has 0 amide bonds. The van der Waals surface area contributed by atoms with Crippen molar-refractivity contribution in [1.29, 1.82) is 0 Å². The van der Waals surface area contributed by atoms with Crippen LogP contribution in [0.2, 0.25) is 0 Å². The second-order valence-electron chi connectivity index (χ2n) is 6.15. The predicted octanol–water partition coefficient (Wildman–Crippen LogP) is 3.78. The van der Waals surface area contributed by atoms with E-state index in [1.54, 1.807) is 7.11 Å². The summed E-state index contributed by atoms with van der Waals surface area (Å²) in [7, 11) is 1.74. The molecule has 1 heterocycles. The summed E-state index contributed by atoms with van der Waals surface area (Å²) in [5.41, 5.74) is 3.78. The van der Waals surface area contributed by atoms with Gasteiger partial charge in [-0.15, -0.1) is 0 Å². The van der Waals surface area contributed by atoms with Crippen LogP contribution in [0.15, 0.2) is 12.1 Å². The average Bonchev–Trinajstić information content (AvgIpc) is 2.85. The molecule has 1 aliphatic rings. The molecule has 118 valence electrons. The molecule has 2 rings (SSSR count). The van der Waals surface area contributed by atoms with Crippen molar-refractivity contribution >= 4 is 0 Å². The molecular formula is C18H29NO2. The van der Waals surface area contributed by atoms with Gasteiger partial charge in [0, 0.05) is 18.6 Å². The normalized spacial score (nSPS) is 23.3. The van der Waals surface area contributed by atoms with Crippen LogP contribution in [0.3, 0.4) is 0 Å². The molecule has 3 unspecified atom stereocenters. The van der Waals surface area contributed by atoms with Crippen LogP contribution >= 0.6 is 0 Å². The smallest absolute Gasteiger partial charge is 0.124 e. The lowest BCUT2D eigenvalue weighted by atomic mass is 9.86. The molecule has 1 aliphatic heterocycles. The van der Waals surface area contributed by atoms with E-state index in [-0.39, 0.29) is 0 Å². The summed E-state index contributed by atoms with van der Waals surface area (Å²) in [6, 6.07) is 4.90. The summed E-state index contributed by atoms with van der Waals surface area (Å²) in [4.78, 5) is 0. The number of rotatable bonds is 6. The molecule has 0 spiro atoms. The van der Waals surface area contributed by atoms with Gasteiger partial charge in [0.15, 0.2) is 0 Å². The summed E-state index contributed by atoms with van der Waals surface area (Å²) in [5.74, 6) is 1.55. The zero-order valence-electron chi connectivity index (χ0n) is 14.0. The van der Waals surface area contributed by atoms with Crippen LogP contribution in [0.1, 0.15) is 49.4 Å². The summed E-state index contributed by atoms with van der Waals surface area (Å²) >= 11 is 0. The van der Waals surface area contributed by atoms with E-state index in [0.29, 0.717) is 18.1 Å². The minimum atomic E-state index is 0.321. The molecule has 1 aromatic rings. The van der Waals surface area contributed by atoms with Gasteiger partial charge in [0.05, 0.1) is 13.2 Å². The topological polar surface area (TPSA) is 30.5 Å². The molecule has 1 fully saturated rings. The van der Waals surface area contributed by atoms with Crippen molar-refractivity contribution in [2.75, 3.05) is 20.3 Å². The van der Waals surface area contributed by atoms with Gasteiger partial charge in [-0.1, -0.05) is 19.1 Å². The van der Waals surface area contributed by atoms with Gasteiger partial charge in [-0.25, -0.2) is 0 Å². The fourth-order valence-electron chi connectivity index (χ4n) is 3.49. The zero-order valence-corrected chi connectivity index (χ0v) is 14.0. The minimum Gasteiger partial charge on any atom is -0.496 e. The molecular weight excluding hydrogens is 262 g/mol. The van der Waals surface area contributed by atoms with Crippen molar-refractivity contribution in [2.45, 2.75) is 52.7 Å². The Kier molecular flexibility index (Phi) is 5.65. The van der Waals surface area contributed by atoms with Crippen LogP contribution in [0.5, 0.6) is 5.75 Å². The van der Waals surface area contributed by atoms with E-state index in [9.17, 15) is 0 Å². The van der Waals surface area contributed by atoms with Crippen molar-refractivity contribution in [3.05, 3.63) is 28.8 Å². The number of aryl methyl sites for hydroxylation is 2. The van der Waals surface area contributed by atoms with E-state index < -0.39 is 0 Å². The first kappa shape index (κ1) is 16.3. The third kappa shape index (κ3) is 3.58. The van der Waals surface area contributed by atoms with E-state index in [2.05, 4.69) is 45.1 Å². The van der Waals surface area contributed by atoms with Crippen LogP contribution in [-0.2, 0) is 4.74 Å². The van der Waals surface area contributed by atoms with Crippen molar-refractivity contribution in [1.82, 2.24) is 5.32 Å². The maximum absolute atomic E-state index is 5.79. The summed E-state index contributed by atoms with van der Waals surface area (Å²) in [6.45, 7) is 10.6. The van der Waals surface area contributed by atoms with Gasteiger partial charge in [0.2, 0.25) is 0 Å². The molecule has 1 saturated heterocycles. The lowest BCUT2D eigenvalue weighted by Crippen LogP contribution is -2.32. The molecule has 1 aromatic carbocycles. The Labute approximate surface area is 129 Å². The first-order valence-electron chi connectivity index (χ1n) is 8.08. The lowest BCUT2D eigenvalue weighted by Gasteiger charge is -2.28. The molecule has 0 aliphatic carbocycles. The van der Waals surface area contributed by atoms with E-state index in [4.69, 9.17) is 9.47 Å². The Morgan fingerprint density at radius 2 is 2.00 bits per heavy atom. The molecule has 3 heteroatoms. The van der Waals surface area contributed by atoms with Gasteiger partial charge in [-0.2, -0.15) is 0 Å². The van der Waals surface area contributed by atoms with Gasteiger partial charge < -0.3 is 14.8 Å². The van der Waals surface area contributed by atoms with E-state index >= 15 is 0 Å². The fourth-order valence-corrected chi connectivity index (χ4v) is 3.49. The van der Waals surface area contributed by atoms with Crippen LogP contribution in [-0.4, -0.2) is 26.4 Å². The van der Waals surface area contributed by atoms with Gasteiger partial charge in [0.25, 0.3) is 0 Å². The van der Waals surface area contributed by atoms with Crippen LogP contribution < -0.4 is 10.1 Å². The third-order valence-electron chi connectivity index (χ3n) is 4.52. The Morgan fingerprint density at radius 1 is 1.33 bits per heavy atom. The Morgan fingerprint density at radius 3 is 2.48 bits per heavy atom. The van der Waals surface area contributed by atoms with Crippen LogP contribution in [0.4, 0.5) is 0 Å². The van der Waals surface area contributed by atoms with Gasteiger partial charge in [0.1, 0.15) is 5.75 Å². The molecule has 3 nitrogen and oxygen atoms in total. The van der Waals surface area contributed by atoms with Crippen LogP contribution in [0, 0.1) is 19.8 Å². The second kappa shape index (κ2) is 7.28.